The third kappa shape index (κ3) is 4.46. The maximum Gasteiger partial charge on any atom is 0.337 e. The molecule has 1 atom stereocenters. The Morgan fingerprint density at radius 3 is 2.26 bits per heavy atom. The number of ketones is 1. The molecule has 1 aliphatic rings. The van der Waals surface area contributed by atoms with Crippen molar-refractivity contribution in [3.05, 3.63) is 100.0 Å². The van der Waals surface area contributed by atoms with Gasteiger partial charge in [0, 0.05) is 22.2 Å². The minimum atomic E-state index is -1.02. The molecule has 2 heterocycles. The Balaban J connectivity index is 1.63. The Kier molecular flexibility index (Phi) is 6.76. The van der Waals surface area contributed by atoms with Crippen molar-refractivity contribution in [1.82, 2.24) is 0 Å². The highest BCUT2D eigenvalue weighted by Gasteiger charge is 2.45. The number of aliphatic hydroxyl groups excluding tert-OH is 1. The summed E-state index contributed by atoms with van der Waals surface area (Å²) >= 11 is 6.17. The molecule has 1 amide bonds. The van der Waals surface area contributed by atoms with Crippen molar-refractivity contribution < 1.29 is 38.1 Å². The quantitative estimate of drug-likeness (QED) is 0.232. The Morgan fingerprint density at radius 1 is 0.949 bits per heavy atom. The number of carbonyl (C=O) groups is 3. The van der Waals surface area contributed by atoms with Gasteiger partial charge in [-0.3, -0.25) is 14.5 Å². The molecule has 0 fully saturated rings. The van der Waals surface area contributed by atoms with Crippen molar-refractivity contribution in [2.45, 2.75) is 6.04 Å². The summed E-state index contributed by atoms with van der Waals surface area (Å²) in [5.41, 5.74) is 1.28. The van der Waals surface area contributed by atoms with Crippen LogP contribution < -0.4 is 14.4 Å². The molecule has 198 valence electrons. The van der Waals surface area contributed by atoms with Gasteiger partial charge >= 0.3 is 5.97 Å². The number of furan rings is 1. The number of carbonyl (C=O) groups excluding carboxylic acids is 3. The molecule has 9 nitrogen and oxygen atoms in total. The Hall–Kier alpha value is -4.76. The molecule has 1 aliphatic heterocycles. The van der Waals surface area contributed by atoms with Crippen molar-refractivity contribution >= 4 is 45.9 Å². The minimum Gasteiger partial charge on any atom is -0.503 e. The predicted molar refractivity (Wildman–Crippen MR) is 143 cm³/mol. The first-order chi connectivity index (χ1) is 18.8. The zero-order chi connectivity index (χ0) is 27.8. The summed E-state index contributed by atoms with van der Waals surface area (Å²) in [4.78, 5) is 40.5. The average molecular weight is 548 g/mol. The van der Waals surface area contributed by atoms with E-state index in [-0.39, 0.29) is 16.9 Å². The van der Waals surface area contributed by atoms with E-state index in [0.29, 0.717) is 38.7 Å². The molecule has 39 heavy (non-hydrogen) atoms. The van der Waals surface area contributed by atoms with Crippen LogP contribution in [0.4, 0.5) is 5.69 Å². The molecule has 3 aromatic carbocycles. The summed E-state index contributed by atoms with van der Waals surface area (Å²) in [6.07, 6.45) is 0. The van der Waals surface area contributed by atoms with Crippen LogP contribution in [0.1, 0.15) is 32.5 Å². The molecule has 10 heteroatoms. The Morgan fingerprint density at radius 2 is 1.64 bits per heavy atom. The van der Waals surface area contributed by atoms with Crippen molar-refractivity contribution in [3.8, 4) is 11.5 Å². The number of hydrogen-bond donors (Lipinski definition) is 1. The number of amides is 1. The van der Waals surface area contributed by atoms with Gasteiger partial charge in [0.1, 0.15) is 5.75 Å². The van der Waals surface area contributed by atoms with Gasteiger partial charge in [0.25, 0.3) is 5.91 Å². The SMILES string of the molecule is COC(=O)c1ccc(N2C(=O)C(O)=C(C(=O)c3cc4cc(Cl)cc(OC)c4o3)C2c2ccc(OC)cc2)cc1. The van der Waals surface area contributed by atoms with Crippen LogP contribution in [-0.2, 0) is 9.53 Å². The van der Waals surface area contributed by atoms with Crippen LogP contribution in [0.2, 0.25) is 5.02 Å². The highest BCUT2D eigenvalue weighted by molar-refractivity contribution is 6.31. The van der Waals surface area contributed by atoms with Crippen molar-refractivity contribution in [2.75, 3.05) is 26.2 Å². The Labute approximate surface area is 227 Å². The predicted octanol–water partition coefficient (Wildman–Crippen LogP) is 5.67. The maximum absolute atomic E-state index is 13.9. The summed E-state index contributed by atoms with van der Waals surface area (Å²) in [6.45, 7) is 0. The lowest BCUT2D eigenvalue weighted by Gasteiger charge is -2.27. The van der Waals surface area contributed by atoms with Gasteiger partial charge in [0.2, 0.25) is 5.78 Å². The second kappa shape index (κ2) is 10.2. The maximum atomic E-state index is 13.9. The van der Waals surface area contributed by atoms with Crippen LogP contribution >= 0.6 is 11.6 Å². The molecule has 1 N–H and O–H groups in total. The topological polar surface area (TPSA) is 116 Å². The number of nitrogens with zero attached hydrogens (tertiary/aromatic N) is 1. The molecule has 0 saturated heterocycles. The van der Waals surface area contributed by atoms with Crippen LogP contribution in [0, 0.1) is 0 Å². The first kappa shape index (κ1) is 25.9. The smallest absolute Gasteiger partial charge is 0.337 e. The van der Waals surface area contributed by atoms with E-state index in [9.17, 15) is 19.5 Å². The number of ether oxygens (including phenoxy) is 3. The van der Waals surface area contributed by atoms with E-state index in [4.69, 9.17) is 30.2 Å². The number of Topliss-reactive ketones (excluding diaryl/α,β-unsaturated/α-hetero) is 1. The number of methoxy groups -OCH3 is 3. The molecular formula is C29H22ClNO8. The van der Waals surface area contributed by atoms with Crippen molar-refractivity contribution in [1.29, 1.82) is 0 Å². The molecule has 0 bridgehead atoms. The Bertz CT molecular complexity index is 1640. The minimum absolute atomic E-state index is 0.110. The van der Waals surface area contributed by atoms with Crippen LogP contribution in [0.5, 0.6) is 11.5 Å². The number of anilines is 1. The zero-order valence-corrected chi connectivity index (χ0v) is 21.8. The lowest BCUT2D eigenvalue weighted by Crippen LogP contribution is -2.31. The summed E-state index contributed by atoms with van der Waals surface area (Å²) in [7, 11) is 4.23. The van der Waals surface area contributed by atoms with Crippen LogP contribution in [0.15, 0.2) is 82.5 Å². The first-order valence-electron chi connectivity index (χ1n) is 11.7. The molecule has 0 spiro atoms. The molecular weight excluding hydrogens is 526 g/mol. The van der Waals surface area contributed by atoms with E-state index in [0.717, 1.165) is 0 Å². The van der Waals surface area contributed by atoms with Gasteiger partial charge in [-0.1, -0.05) is 23.7 Å². The lowest BCUT2D eigenvalue weighted by molar-refractivity contribution is -0.117. The number of halogens is 1. The normalized spacial score (nSPS) is 15.1. The van der Waals surface area contributed by atoms with E-state index < -0.39 is 29.5 Å². The van der Waals surface area contributed by atoms with Crippen LogP contribution in [0.3, 0.4) is 0 Å². The molecule has 1 aromatic heterocycles. The van der Waals surface area contributed by atoms with E-state index >= 15 is 0 Å². The molecule has 5 rings (SSSR count). The van der Waals surface area contributed by atoms with Gasteiger partial charge in [-0.15, -0.1) is 0 Å². The van der Waals surface area contributed by atoms with E-state index in [1.54, 1.807) is 36.4 Å². The van der Waals surface area contributed by atoms with Crippen LogP contribution in [-0.4, -0.2) is 44.1 Å². The van der Waals surface area contributed by atoms with E-state index in [1.165, 1.54) is 56.6 Å². The summed E-state index contributed by atoms with van der Waals surface area (Å²) in [6, 6.07) is 16.4. The standard InChI is InChI=1S/C29H22ClNO8/c1-36-20-10-6-15(7-11-20)24-23(25(32)21-13-17-12-18(30)14-22(37-2)27(17)39-21)26(33)28(34)31(24)19-8-4-16(5-9-19)29(35)38-3/h4-14,24,33H,1-3H3. The molecule has 0 radical (unpaired) electrons. The van der Waals surface area contributed by atoms with Gasteiger partial charge in [-0.05, 0) is 54.1 Å². The molecule has 4 aromatic rings. The fourth-order valence-corrected chi connectivity index (χ4v) is 4.78. The van der Waals surface area contributed by atoms with E-state index in [1.807, 2.05) is 0 Å². The van der Waals surface area contributed by atoms with Gasteiger partial charge < -0.3 is 23.7 Å². The highest BCUT2D eigenvalue weighted by atomic mass is 35.5. The fourth-order valence-electron chi connectivity index (χ4n) is 4.56. The third-order valence-electron chi connectivity index (χ3n) is 6.44. The second-order valence-corrected chi connectivity index (χ2v) is 9.05. The fraction of sp³-hybridized carbons (Fsp3) is 0.138. The zero-order valence-electron chi connectivity index (χ0n) is 21.1. The van der Waals surface area contributed by atoms with Crippen LogP contribution in [0.25, 0.3) is 11.0 Å². The largest absolute Gasteiger partial charge is 0.503 e. The van der Waals surface area contributed by atoms with E-state index in [2.05, 4.69) is 0 Å². The van der Waals surface area contributed by atoms with Gasteiger partial charge in [0.15, 0.2) is 22.9 Å². The van der Waals surface area contributed by atoms with Gasteiger partial charge in [-0.25, -0.2) is 4.79 Å². The third-order valence-corrected chi connectivity index (χ3v) is 6.66. The highest BCUT2D eigenvalue weighted by Crippen LogP contribution is 2.43. The summed E-state index contributed by atoms with van der Waals surface area (Å²) in [5.74, 6) is -1.95. The monoisotopic (exact) mass is 547 g/mol. The number of benzene rings is 3. The number of fused-ring (bicyclic) bond motifs is 1. The lowest BCUT2D eigenvalue weighted by atomic mass is 9.94. The summed E-state index contributed by atoms with van der Waals surface area (Å²) in [5, 5.41) is 11.9. The second-order valence-electron chi connectivity index (χ2n) is 8.62. The van der Waals surface area contributed by atoms with Crippen molar-refractivity contribution in [2.24, 2.45) is 0 Å². The number of esters is 1. The molecule has 0 aliphatic carbocycles. The summed E-state index contributed by atoms with van der Waals surface area (Å²) < 4.78 is 21.2. The van der Waals surface area contributed by atoms with Gasteiger partial charge in [0.05, 0.1) is 38.5 Å². The number of aliphatic hydroxyl groups is 1. The van der Waals surface area contributed by atoms with Gasteiger partial charge in [-0.2, -0.15) is 0 Å². The first-order valence-corrected chi connectivity index (χ1v) is 12.1. The molecule has 1 unspecified atom stereocenters. The number of hydrogen-bond acceptors (Lipinski definition) is 8. The molecule has 0 saturated carbocycles. The number of rotatable bonds is 7. The average Bonchev–Trinajstić information content (AvgIpc) is 3.50. The van der Waals surface area contributed by atoms with Crippen molar-refractivity contribution in [3.63, 3.8) is 0 Å².